The van der Waals surface area contributed by atoms with Gasteiger partial charge in [-0.2, -0.15) is 0 Å². The molecule has 0 spiro atoms. The van der Waals surface area contributed by atoms with Crippen LogP contribution < -0.4 is 9.80 Å². The fourth-order valence-electron chi connectivity index (χ4n) is 4.77. The Labute approximate surface area is 200 Å². The van der Waals surface area contributed by atoms with Gasteiger partial charge in [0.15, 0.2) is 5.78 Å². The van der Waals surface area contributed by atoms with Crippen LogP contribution in [0.3, 0.4) is 0 Å². The number of allylic oxidation sites excluding steroid dienone is 2. The first-order chi connectivity index (χ1) is 16.0. The van der Waals surface area contributed by atoms with Gasteiger partial charge in [0.25, 0.3) is 0 Å². The summed E-state index contributed by atoms with van der Waals surface area (Å²) in [6.45, 7) is 14.9. The predicted octanol–water partition coefficient (Wildman–Crippen LogP) is 7.24. The van der Waals surface area contributed by atoms with Crippen LogP contribution >= 0.6 is 0 Å². The predicted molar refractivity (Wildman–Crippen MR) is 144 cm³/mol. The van der Waals surface area contributed by atoms with E-state index in [1.54, 1.807) is 0 Å². The normalized spacial score (nSPS) is 18.7. The van der Waals surface area contributed by atoms with Crippen LogP contribution in [0.4, 0.5) is 11.4 Å². The third-order valence-corrected chi connectivity index (χ3v) is 6.90. The molecule has 1 fully saturated rings. The van der Waals surface area contributed by atoms with Gasteiger partial charge in [-0.25, -0.2) is 0 Å². The summed E-state index contributed by atoms with van der Waals surface area (Å²) in [6, 6.07) is 17.2. The zero-order valence-electron chi connectivity index (χ0n) is 21.1. The zero-order valence-corrected chi connectivity index (χ0v) is 21.1. The molecule has 3 heteroatoms. The summed E-state index contributed by atoms with van der Waals surface area (Å²) < 4.78 is 0. The minimum Gasteiger partial charge on any atom is -0.372 e. The van der Waals surface area contributed by atoms with Gasteiger partial charge in [-0.15, -0.1) is 0 Å². The lowest BCUT2D eigenvalue weighted by atomic mass is 9.78. The fraction of sp³-hybridized carbons (Fsp3) is 0.433. The molecule has 176 valence electrons. The van der Waals surface area contributed by atoms with Crippen molar-refractivity contribution in [2.75, 3.05) is 36.0 Å². The van der Waals surface area contributed by atoms with Crippen LogP contribution in [0.1, 0.15) is 65.0 Å². The topological polar surface area (TPSA) is 23.6 Å². The van der Waals surface area contributed by atoms with Crippen molar-refractivity contribution in [2.24, 2.45) is 5.92 Å². The van der Waals surface area contributed by atoms with Crippen molar-refractivity contribution in [1.82, 2.24) is 0 Å². The molecule has 0 bridgehead atoms. The highest BCUT2D eigenvalue weighted by atomic mass is 16.1. The quantitative estimate of drug-likeness (QED) is 0.381. The van der Waals surface area contributed by atoms with Gasteiger partial charge < -0.3 is 9.80 Å². The van der Waals surface area contributed by atoms with Crippen molar-refractivity contribution < 1.29 is 4.79 Å². The van der Waals surface area contributed by atoms with E-state index < -0.39 is 0 Å². The third-order valence-electron chi connectivity index (χ3n) is 6.90. The zero-order chi connectivity index (χ0) is 23.8. The summed E-state index contributed by atoms with van der Waals surface area (Å²) in [6.07, 6.45) is 7.03. The number of carbonyl (C=O) groups excluding carboxylic acids is 1. The Balaban J connectivity index is 1.84. The first-order valence-corrected chi connectivity index (χ1v) is 12.7. The van der Waals surface area contributed by atoms with E-state index in [4.69, 9.17) is 0 Å². The molecule has 0 amide bonds. The van der Waals surface area contributed by atoms with E-state index in [0.29, 0.717) is 5.92 Å². The van der Waals surface area contributed by atoms with E-state index in [0.717, 1.165) is 67.7 Å². The van der Waals surface area contributed by atoms with E-state index in [1.165, 1.54) is 11.4 Å². The van der Waals surface area contributed by atoms with Crippen molar-refractivity contribution in [3.63, 3.8) is 0 Å². The summed E-state index contributed by atoms with van der Waals surface area (Å²) >= 11 is 0. The molecular formula is C30H40N2O. The Morgan fingerprint density at radius 3 is 1.33 bits per heavy atom. The summed E-state index contributed by atoms with van der Waals surface area (Å²) in [4.78, 5) is 18.0. The van der Waals surface area contributed by atoms with Gasteiger partial charge in [0, 0.05) is 48.7 Å². The maximum absolute atomic E-state index is 13.4. The second-order valence-corrected chi connectivity index (χ2v) is 8.88. The molecule has 0 aromatic heterocycles. The summed E-state index contributed by atoms with van der Waals surface area (Å²) in [5.41, 5.74) is 6.56. The number of anilines is 2. The van der Waals surface area contributed by atoms with Crippen LogP contribution in [0.25, 0.3) is 12.2 Å². The van der Waals surface area contributed by atoms with Crippen LogP contribution in [0.5, 0.6) is 0 Å². The number of nitrogens with zero attached hydrogens (tertiary/aromatic N) is 2. The molecule has 2 aromatic carbocycles. The van der Waals surface area contributed by atoms with Crippen LogP contribution in [-0.2, 0) is 4.79 Å². The van der Waals surface area contributed by atoms with Crippen LogP contribution in [-0.4, -0.2) is 32.0 Å². The molecule has 1 aliphatic carbocycles. The number of hydrogen-bond donors (Lipinski definition) is 0. The molecule has 1 aliphatic rings. The minimum absolute atomic E-state index is 0.209. The van der Waals surface area contributed by atoms with Gasteiger partial charge in [-0.05, 0) is 94.0 Å². The molecule has 2 aromatic rings. The number of rotatable bonds is 9. The first-order valence-electron chi connectivity index (χ1n) is 12.7. The molecule has 1 saturated carbocycles. The molecule has 0 aliphatic heterocycles. The van der Waals surface area contributed by atoms with Crippen molar-refractivity contribution >= 4 is 29.3 Å². The summed E-state index contributed by atoms with van der Waals surface area (Å²) in [5.74, 6) is 0.727. The van der Waals surface area contributed by atoms with Gasteiger partial charge in [0.1, 0.15) is 0 Å². The van der Waals surface area contributed by atoms with Gasteiger partial charge in [-0.3, -0.25) is 4.79 Å². The van der Waals surface area contributed by atoms with Gasteiger partial charge in [0.05, 0.1) is 0 Å². The number of ketones is 1. The highest BCUT2D eigenvalue weighted by Gasteiger charge is 2.26. The third kappa shape index (κ3) is 6.16. The average Bonchev–Trinajstić information content (AvgIpc) is 2.85. The number of benzene rings is 2. The van der Waals surface area contributed by atoms with E-state index in [2.05, 4.69) is 105 Å². The lowest BCUT2D eigenvalue weighted by Gasteiger charge is -2.25. The van der Waals surface area contributed by atoms with E-state index in [9.17, 15) is 4.79 Å². The number of carbonyl (C=O) groups is 1. The second-order valence-electron chi connectivity index (χ2n) is 8.88. The molecule has 0 N–H and O–H groups in total. The maximum atomic E-state index is 13.4. The van der Waals surface area contributed by atoms with Gasteiger partial charge in [-0.1, -0.05) is 37.6 Å². The monoisotopic (exact) mass is 444 g/mol. The van der Waals surface area contributed by atoms with Gasteiger partial charge in [0.2, 0.25) is 0 Å². The highest BCUT2D eigenvalue weighted by Crippen LogP contribution is 2.34. The van der Waals surface area contributed by atoms with E-state index >= 15 is 0 Å². The SMILES string of the molecule is CCC1CC(=Cc2ccc(N(CC)CC)cc2)C(=O)C(=Cc2ccc(N(CC)CC)cc2)C1. The standard InChI is InChI=1S/C30H40N2O/c1-6-23-19-26(21-24-11-15-28(16-12-24)31(7-2)8-3)30(33)27(20-23)22-25-13-17-29(18-14-25)32(9-4)10-5/h11-18,21-23H,6-10,19-20H2,1-5H3. The Bertz CT molecular complexity index is 884. The molecule has 0 heterocycles. The van der Waals surface area contributed by atoms with Crippen molar-refractivity contribution in [3.05, 3.63) is 70.8 Å². The minimum atomic E-state index is 0.209. The largest absolute Gasteiger partial charge is 0.372 e. The molecule has 33 heavy (non-hydrogen) atoms. The second kappa shape index (κ2) is 11.9. The van der Waals surface area contributed by atoms with Crippen molar-refractivity contribution in [1.29, 1.82) is 0 Å². The van der Waals surface area contributed by atoms with E-state index in [-0.39, 0.29) is 5.78 Å². The molecule has 3 rings (SSSR count). The lowest BCUT2D eigenvalue weighted by Crippen LogP contribution is -2.21. The Kier molecular flexibility index (Phi) is 8.94. The van der Waals surface area contributed by atoms with Crippen LogP contribution in [0, 0.1) is 5.92 Å². The highest BCUT2D eigenvalue weighted by molar-refractivity contribution is 6.14. The Morgan fingerprint density at radius 2 is 1.03 bits per heavy atom. The van der Waals surface area contributed by atoms with Crippen LogP contribution in [0.2, 0.25) is 0 Å². The molecule has 0 unspecified atom stereocenters. The number of Topliss-reactive ketones (excluding diaryl/α,β-unsaturated/α-hetero) is 1. The first kappa shape index (κ1) is 24.8. The smallest absolute Gasteiger partial charge is 0.185 e. The summed E-state index contributed by atoms with van der Waals surface area (Å²) in [7, 11) is 0. The Hall–Kier alpha value is -2.81. The van der Waals surface area contributed by atoms with Crippen molar-refractivity contribution in [3.8, 4) is 0 Å². The van der Waals surface area contributed by atoms with Crippen LogP contribution in [0.15, 0.2) is 59.7 Å². The average molecular weight is 445 g/mol. The number of hydrogen-bond acceptors (Lipinski definition) is 3. The molecule has 0 saturated heterocycles. The molecule has 0 radical (unpaired) electrons. The molecule has 0 atom stereocenters. The summed E-state index contributed by atoms with van der Waals surface area (Å²) in [5, 5.41) is 0. The lowest BCUT2D eigenvalue weighted by molar-refractivity contribution is -0.113. The van der Waals surface area contributed by atoms with E-state index in [1.807, 2.05) is 0 Å². The maximum Gasteiger partial charge on any atom is 0.185 e. The fourth-order valence-corrected chi connectivity index (χ4v) is 4.77. The molecular weight excluding hydrogens is 404 g/mol. The molecule has 3 nitrogen and oxygen atoms in total. The Morgan fingerprint density at radius 1 is 0.667 bits per heavy atom. The van der Waals surface area contributed by atoms with Crippen molar-refractivity contribution in [2.45, 2.75) is 53.9 Å². The van der Waals surface area contributed by atoms with Gasteiger partial charge >= 0.3 is 0 Å².